The van der Waals surface area contributed by atoms with Crippen LogP contribution in [0.25, 0.3) is 6.08 Å². The van der Waals surface area contributed by atoms with Gasteiger partial charge in [0.15, 0.2) is 5.11 Å². The van der Waals surface area contributed by atoms with Gasteiger partial charge in [0.25, 0.3) is 11.8 Å². The van der Waals surface area contributed by atoms with E-state index in [-0.39, 0.29) is 16.5 Å². The topological polar surface area (TPSA) is 67.4 Å². The van der Waals surface area contributed by atoms with Crippen molar-refractivity contribution < 1.29 is 18.7 Å². The van der Waals surface area contributed by atoms with E-state index in [1.165, 1.54) is 25.3 Å². The van der Waals surface area contributed by atoms with Crippen molar-refractivity contribution in [3.63, 3.8) is 0 Å². The third-order valence-corrected chi connectivity index (χ3v) is 5.09. The molecule has 2 N–H and O–H groups in total. The Bertz CT molecular complexity index is 969. The van der Waals surface area contributed by atoms with Crippen LogP contribution in [0.4, 0.5) is 4.39 Å². The predicted octanol–water partition coefficient (Wildman–Crippen LogP) is 2.94. The Hall–Kier alpha value is -2.33. The molecule has 0 aromatic heterocycles. The van der Waals surface area contributed by atoms with E-state index in [0.29, 0.717) is 17.7 Å². The average molecular weight is 496 g/mol. The Labute approximate surface area is 174 Å². The number of thiocarbonyl (C=S) groups is 1. The molecule has 0 spiro atoms. The summed E-state index contributed by atoms with van der Waals surface area (Å²) in [4.78, 5) is 24.0. The molecule has 2 aromatic carbocycles. The van der Waals surface area contributed by atoms with Crippen LogP contribution in [-0.2, 0) is 16.0 Å². The van der Waals surface area contributed by atoms with E-state index < -0.39 is 11.8 Å². The second-order valence-corrected chi connectivity index (χ2v) is 7.36. The zero-order valence-electron chi connectivity index (χ0n) is 14.1. The number of hydrogen-bond acceptors (Lipinski definition) is 4. The Morgan fingerprint density at radius 3 is 2.52 bits per heavy atom. The molecular formula is C19H14FIN2O3S. The summed E-state index contributed by atoms with van der Waals surface area (Å²) in [6.45, 7) is 0. The molecule has 0 atom stereocenters. The van der Waals surface area contributed by atoms with E-state index in [1.807, 2.05) is 12.1 Å². The van der Waals surface area contributed by atoms with Crippen molar-refractivity contribution in [2.45, 2.75) is 6.42 Å². The maximum absolute atomic E-state index is 13.5. The van der Waals surface area contributed by atoms with Gasteiger partial charge >= 0.3 is 0 Å². The summed E-state index contributed by atoms with van der Waals surface area (Å²) in [5.41, 5.74) is 2.30. The fraction of sp³-hybridized carbons (Fsp3) is 0.105. The number of benzene rings is 2. The fourth-order valence-electron chi connectivity index (χ4n) is 2.69. The lowest BCUT2D eigenvalue weighted by molar-refractivity contribution is -0.123. The van der Waals surface area contributed by atoms with Crippen molar-refractivity contribution in [1.82, 2.24) is 10.6 Å². The number of ether oxygens (including phenoxy) is 1. The van der Waals surface area contributed by atoms with E-state index in [1.54, 1.807) is 12.1 Å². The molecule has 0 unspecified atom stereocenters. The molecule has 2 amide bonds. The Balaban J connectivity index is 1.97. The third-order valence-electron chi connectivity index (χ3n) is 3.92. The number of methoxy groups -OCH3 is 1. The van der Waals surface area contributed by atoms with E-state index in [0.717, 1.165) is 14.7 Å². The number of halogens is 2. The van der Waals surface area contributed by atoms with Gasteiger partial charge < -0.3 is 4.74 Å². The molecule has 1 aliphatic rings. The van der Waals surface area contributed by atoms with Crippen LogP contribution in [0, 0.1) is 9.39 Å². The lowest BCUT2D eigenvalue weighted by Gasteiger charge is -2.17. The maximum Gasteiger partial charge on any atom is 0.263 e. The van der Waals surface area contributed by atoms with Gasteiger partial charge in [-0.25, -0.2) is 4.39 Å². The van der Waals surface area contributed by atoms with Crippen molar-refractivity contribution in [3.8, 4) is 5.75 Å². The van der Waals surface area contributed by atoms with E-state index >= 15 is 0 Å². The molecule has 1 aliphatic heterocycles. The number of amides is 2. The summed E-state index contributed by atoms with van der Waals surface area (Å²) in [7, 11) is 1.54. The van der Waals surface area contributed by atoms with Gasteiger partial charge in [-0.1, -0.05) is 12.1 Å². The summed E-state index contributed by atoms with van der Waals surface area (Å²) in [5, 5.41) is 4.78. The minimum atomic E-state index is -0.554. The number of nitrogens with one attached hydrogen (secondary N) is 2. The summed E-state index contributed by atoms with van der Waals surface area (Å²) in [6, 6.07) is 9.94. The van der Waals surface area contributed by atoms with Crippen molar-refractivity contribution in [2.75, 3.05) is 7.11 Å². The molecule has 27 heavy (non-hydrogen) atoms. The predicted molar refractivity (Wildman–Crippen MR) is 112 cm³/mol. The molecule has 3 rings (SSSR count). The molecule has 0 aliphatic carbocycles. The average Bonchev–Trinajstić information content (AvgIpc) is 2.60. The number of carbonyl (C=O) groups is 2. The van der Waals surface area contributed by atoms with Gasteiger partial charge in [-0.15, -0.1) is 0 Å². The van der Waals surface area contributed by atoms with Crippen LogP contribution in [0.1, 0.15) is 16.7 Å². The zero-order valence-corrected chi connectivity index (χ0v) is 17.1. The number of rotatable bonds is 4. The van der Waals surface area contributed by atoms with Gasteiger partial charge in [0, 0.05) is 15.6 Å². The molecule has 138 valence electrons. The van der Waals surface area contributed by atoms with E-state index in [2.05, 4.69) is 33.2 Å². The molecule has 8 heteroatoms. The Morgan fingerprint density at radius 1 is 1.19 bits per heavy atom. The smallest absolute Gasteiger partial charge is 0.263 e. The van der Waals surface area contributed by atoms with Crippen LogP contribution in [-0.4, -0.2) is 24.0 Å². The SMILES string of the molecule is COc1cc(C=C2C(=O)NC(=S)NC2=O)cc(I)c1Cc1cccc(F)c1. The molecular weight excluding hydrogens is 482 g/mol. The summed E-state index contributed by atoms with van der Waals surface area (Å²) in [6.07, 6.45) is 1.97. The monoisotopic (exact) mass is 496 g/mol. The van der Waals surface area contributed by atoms with E-state index in [4.69, 9.17) is 17.0 Å². The van der Waals surface area contributed by atoms with Crippen LogP contribution in [0.2, 0.25) is 0 Å². The molecule has 1 saturated heterocycles. The van der Waals surface area contributed by atoms with Gasteiger partial charge in [-0.05, 0) is 76.3 Å². The molecule has 0 bridgehead atoms. The van der Waals surface area contributed by atoms with Crippen LogP contribution < -0.4 is 15.4 Å². The zero-order chi connectivity index (χ0) is 19.6. The normalized spacial score (nSPS) is 13.9. The minimum Gasteiger partial charge on any atom is -0.496 e. The third kappa shape index (κ3) is 4.51. The maximum atomic E-state index is 13.5. The van der Waals surface area contributed by atoms with Crippen molar-refractivity contribution in [2.24, 2.45) is 0 Å². The van der Waals surface area contributed by atoms with Gasteiger partial charge in [0.05, 0.1) is 7.11 Å². The highest BCUT2D eigenvalue weighted by atomic mass is 127. The summed E-state index contributed by atoms with van der Waals surface area (Å²) < 4.78 is 19.8. The van der Waals surface area contributed by atoms with E-state index in [9.17, 15) is 14.0 Å². The number of carbonyl (C=O) groups excluding carboxylic acids is 2. The van der Waals surface area contributed by atoms with Crippen molar-refractivity contribution >= 4 is 57.8 Å². The van der Waals surface area contributed by atoms with Gasteiger partial charge in [0.2, 0.25) is 0 Å². The quantitative estimate of drug-likeness (QED) is 0.296. The van der Waals surface area contributed by atoms with Crippen molar-refractivity contribution in [3.05, 3.63) is 68.0 Å². The lowest BCUT2D eigenvalue weighted by atomic mass is 10.0. The molecule has 0 radical (unpaired) electrons. The van der Waals surface area contributed by atoms with Crippen LogP contribution in [0.15, 0.2) is 42.0 Å². The second-order valence-electron chi connectivity index (χ2n) is 5.79. The van der Waals surface area contributed by atoms with Gasteiger partial charge in [0.1, 0.15) is 17.1 Å². The van der Waals surface area contributed by atoms with Crippen LogP contribution in [0.5, 0.6) is 5.75 Å². The van der Waals surface area contributed by atoms with Gasteiger partial charge in [-0.2, -0.15) is 0 Å². The molecule has 0 saturated carbocycles. The highest BCUT2D eigenvalue weighted by Gasteiger charge is 2.25. The summed E-state index contributed by atoms with van der Waals surface area (Å²) in [5.74, 6) is -0.816. The first kappa shape index (κ1) is 19.4. The highest BCUT2D eigenvalue weighted by Crippen LogP contribution is 2.30. The van der Waals surface area contributed by atoms with Crippen LogP contribution >= 0.6 is 34.8 Å². The van der Waals surface area contributed by atoms with Crippen LogP contribution in [0.3, 0.4) is 0 Å². The second kappa shape index (κ2) is 8.13. The first-order valence-corrected chi connectivity index (χ1v) is 9.35. The Morgan fingerprint density at radius 2 is 1.89 bits per heavy atom. The first-order valence-electron chi connectivity index (χ1n) is 7.86. The minimum absolute atomic E-state index is 0.0141. The molecule has 1 fully saturated rings. The molecule has 1 heterocycles. The Kier molecular flexibility index (Phi) is 5.85. The molecule has 5 nitrogen and oxygen atoms in total. The number of hydrogen-bond donors (Lipinski definition) is 2. The van der Waals surface area contributed by atoms with Crippen molar-refractivity contribution in [1.29, 1.82) is 0 Å². The highest BCUT2D eigenvalue weighted by molar-refractivity contribution is 14.1. The molecule has 2 aromatic rings. The largest absolute Gasteiger partial charge is 0.496 e. The fourth-order valence-corrected chi connectivity index (χ4v) is 3.69. The van der Waals surface area contributed by atoms with Gasteiger partial charge in [-0.3, -0.25) is 20.2 Å². The standard InChI is InChI=1S/C19H14FIN2O3S/c1-26-16-9-11(7-14-17(24)22-19(27)23-18(14)25)8-15(21)13(16)6-10-3-2-4-12(20)5-10/h2-5,7-9H,6H2,1H3,(H2,22,23,24,25,27). The lowest BCUT2D eigenvalue weighted by Crippen LogP contribution is -2.51. The summed E-state index contributed by atoms with van der Waals surface area (Å²) >= 11 is 6.94. The first-order chi connectivity index (χ1) is 12.9.